The number of nitrogens with one attached hydrogen (secondary N) is 1. The Morgan fingerprint density at radius 1 is 1.26 bits per heavy atom. The fraction of sp³-hybridized carbons (Fsp3) is 0.421. The third-order valence-corrected chi connectivity index (χ3v) is 4.67. The largest absolute Gasteiger partial charge is 0.352 e. The van der Waals surface area contributed by atoms with E-state index in [0.717, 1.165) is 24.6 Å². The van der Waals surface area contributed by atoms with Gasteiger partial charge < -0.3 is 15.1 Å². The number of anilines is 1. The Labute approximate surface area is 177 Å². The lowest BCUT2D eigenvalue weighted by Gasteiger charge is -2.35. The molecule has 7 nitrogen and oxygen atoms in total. The first-order valence-electron chi connectivity index (χ1n) is 8.93. The maximum Gasteiger partial charge on any atom is 0.246 e. The Morgan fingerprint density at radius 3 is 2.59 bits per heavy atom. The second kappa shape index (κ2) is 9.72. The molecule has 0 spiro atoms. The van der Waals surface area contributed by atoms with Gasteiger partial charge in [0.25, 0.3) is 0 Å². The number of aryl methyl sites for hydroxylation is 2. The normalized spacial score (nSPS) is 14.9. The summed E-state index contributed by atoms with van der Waals surface area (Å²) in [5, 5.41) is 7.55. The average molecular weight is 482 g/mol. The first-order valence-corrected chi connectivity index (χ1v) is 8.93. The maximum absolute atomic E-state index is 12.6. The molecular formula is C19H27IN6O. The van der Waals surface area contributed by atoms with E-state index in [2.05, 4.69) is 46.6 Å². The van der Waals surface area contributed by atoms with Gasteiger partial charge in [0.15, 0.2) is 5.96 Å². The van der Waals surface area contributed by atoms with E-state index in [-0.39, 0.29) is 29.9 Å². The number of aliphatic imine (C=N–C) groups is 1. The molecule has 0 unspecified atom stereocenters. The Hall–Kier alpha value is -2.10. The first-order chi connectivity index (χ1) is 12.6. The van der Waals surface area contributed by atoms with E-state index in [1.165, 1.54) is 11.1 Å². The number of benzene rings is 1. The zero-order valence-electron chi connectivity index (χ0n) is 16.1. The predicted molar refractivity (Wildman–Crippen MR) is 119 cm³/mol. The molecule has 1 aliphatic rings. The number of hydrogen-bond donors (Lipinski definition) is 1. The van der Waals surface area contributed by atoms with Crippen LogP contribution in [0.5, 0.6) is 0 Å². The Bertz CT molecular complexity index is 803. The summed E-state index contributed by atoms with van der Waals surface area (Å²) in [6.07, 6.45) is 4.59. The van der Waals surface area contributed by atoms with E-state index in [9.17, 15) is 4.79 Å². The highest BCUT2D eigenvalue weighted by Crippen LogP contribution is 2.16. The van der Waals surface area contributed by atoms with Crippen LogP contribution in [0.25, 0.3) is 0 Å². The van der Waals surface area contributed by atoms with Crippen molar-refractivity contribution in [3.63, 3.8) is 0 Å². The van der Waals surface area contributed by atoms with E-state index in [1.54, 1.807) is 22.8 Å². The maximum atomic E-state index is 12.6. The number of piperazine rings is 1. The number of carbonyl (C=O) groups excluding carboxylic acids is 1. The van der Waals surface area contributed by atoms with Crippen LogP contribution in [0.15, 0.2) is 41.7 Å². The molecule has 0 bridgehead atoms. The lowest BCUT2D eigenvalue weighted by molar-refractivity contribution is -0.120. The van der Waals surface area contributed by atoms with Gasteiger partial charge in [-0.3, -0.25) is 14.5 Å². The minimum Gasteiger partial charge on any atom is -0.352 e. The summed E-state index contributed by atoms with van der Waals surface area (Å²) in [5.74, 6) is 0.816. The number of aromatic nitrogens is 2. The molecule has 0 saturated carbocycles. The quantitative estimate of drug-likeness (QED) is 0.412. The molecule has 2 aromatic rings. The Morgan fingerprint density at radius 2 is 2.00 bits per heavy atom. The minimum atomic E-state index is 0. The minimum absolute atomic E-state index is 0. The first kappa shape index (κ1) is 21.2. The van der Waals surface area contributed by atoms with Gasteiger partial charge in [-0.2, -0.15) is 5.10 Å². The van der Waals surface area contributed by atoms with Gasteiger partial charge in [-0.05, 0) is 17.5 Å². The highest BCUT2D eigenvalue weighted by atomic mass is 127. The summed E-state index contributed by atoms with van der Waals surface area (Å²) < 4.78 is 1.71. The predicted octanol–water partition coefficient (Wildman–Crippen LogP) is 2.02. The molecule has 0 atom stereocenters. The summed E-state index contributed by atoms with van der Waals surface area (Å²) >= 11 is 0. The molecule has 1 fully saturated rings. The lowest BCUT2D eigenvalue weighted by atomic mass is 10.1. The number of rotatable bonds is 4. The second-order valence-corrected chi connectivity index (χ2v) is 6.36. The molecule has 146 valence electrons. The number of hydrogen-bond acceptors (Lipinski definition) is 3. The topological polar surface area (TPSA) is 65.8 Å². The fourth-order valence-corrected chi connectivity index (χ4v) is 3.26. The summed E-state index contributed by atoms with van der Waals surface area (Å²) in [6, 6.07) is 8.39. The molecule has 1 amide bonds. The molecule has 3 rings (SSSR count). The number of halogens is 1. The number of guanidine groups is 1. The van der Waals surface area contributed by atoms with Gasteiger partial charge in [-0.1, -0.05) is 31.2 Å². The van der Waals surface area contributed by atoms with Gasteiger partial charge in [0.2, 0.25) is 5.91 Å². The van der Waals surface area contributed by atoms with Crippen molar-refractivity contribution in [1.82, 2.24) is 20.0 Å². The van der Waals surface area contributed by atoms with Crippen LogP contribution in [-0.2, 0) is 24.8 Å². The van der Waals surface area contributed by atoms with Gasteiger partial charge in [-0.15, -0.1) is 24.0 Å². The Balaban J connectivity index is 0.00000261. The molecule has 1 N–H and O–H groups in total. The molecule has 1 saturated heterocycles. The van der Waals surface area contributed by atoms with Crippen LogP contribution in [-0.4, -0.2) is 53.2 Å². The zero-order chi connectivity index (χ0) is 18.5. The van der Waals surface area contributed by atoms with Crippen molar-refractivity contribution < 1.29 is 4.79 Å². The number of nitrogens with zero attached hydrogens (tertiary/aromatic N) is 5. The van der Waals surface area contributed by atoms with Crippen molar-refractivity contribution in [2.24, 2.45) is 12.0 Å². The molecule has 1 aliphatic heterocycles. The van der Waals surface area contributed by atoms with Crippen LogP contribution in [0.2, 0.25) is 0 Å². The van der Waals surface area contributed by atoms with Crippen LogP contribution in [0, 0.1) is 0 Å². The molecule has 27 heavy (non-hydrogen) atoms. The van der Waals surface area contributed by atoms with Crippen LogP contribution >= 0.6 is 24.0 Å². The molecule has 1 aromatic heterocycles. The van der Waals surface area contributed by atoms with Gasteiger partial charge in [-0.25, -0.2) is 0 Å². The monoisotopic (exact) mass is 482 g/mol. The van der Waals surface area contributed by atoms with E-state index >= 15 is 0 Å². The van der Waals surface area contributed by atoms with Crippen molar-refractivity contribution in [2.75, 3.05) is 31.6 Å². The molecule has 8 heteroatoms. The summed E-state index contributed by atoms with van der Waals surface area (Å²) in [6.45, 7) is 4.52. The standard InChI is InChI=1S/C19H26N6O.HI/c1-4-15-7-5-6-8-16(15)11-21-19(20-2)24-9-10-25(18(26)14-24)17-12-22-23(3)13-17;/h5-8,12-13H,4,9-11,14H2,1-3H3,(H,20,21);1H. The van der Waals surface area contributed by atoms with Crippen LogP contribution in [0.1, 0.15) is 18.1 Å². The summed E-state index contributed by atoms with van der Waals surface area (Å²) in [5.41, 5.74) is 3.43. The Kier molecular flexibility index (Phi) is 7.64. The number of amides is 1. The van der Waals surface area contributed by atoms with Crippen LogP contribution in [0.4, 0.5) is 5.69 Å². The van der Waals surface area contributed by atoms with Crippen LogP contribution in [0.3, 0.4) is 0 Å². The third-order valence-electron chi connectivity index (χ3n) is 4.67. The van der Waals surface area contributed by atoms with Crippen molar-refractivity contribution in [3.8, 4) is 0 Å². The summed E-state index contributed by atoms with van der Waals surface area (Å²) in [4.78, 5) is 20.7. The van der Waals surface area contributed by atoms with E-state index in [1.807, 2.05) is 18.1 Å². The summed E-state index contributed by atoms with van der Waals surface area (Å²) in [7, 11) is 3.61. The molecule has 0 radical (unpaired) electrons. The molecule has 2 heterocycles. The molecular weight excluding hydrogens is 455 g/mol. The lowest BCUT2D eigenvalue weighted by Crippen LogP contribution is -2.55. The van der Waals surface area contributed by atoms with Gasteiger partial charge >= 0.3 is 0 Å². The van der Waals surface area contributed by atoms with Crippen molar-refractivity contribution in [3.05, 3.63) is 47.8 Å². The fourth-order valence-electron chi connectivity index (χ4n) is 3.26. The van der Waals surface area contributed by atoms with E-state index in [0.29, 0.717) is 19.6 Å². The molecule has 1 aromatic carbocycles. The third kappa shape index (κ3) is 5.00. The van der Waals surface area contributed by atoms with Crippen molar-refractivity contribution in [2.45, 2.75) is 19.9 Å². The van der Waals surface area contributed by atoms with Crippen LogP contribution < -0.4 is 10.2 Å². The van der Waals surface area contributed by atoms with E-state index in [4.69, 9.17) is 0 Å². The van der Waals surface area contributed by atoms with Gasteiger partial charge in [0.05, 0.1) is 11.9 Å². The highest BCUT2D eigenvalue weighted by Gasteiger charge is 2.27. The van der Waals surface area contributed by atoms with Crippen molar-refractivity contribution in [1.29, 1.82) is 0 Å². The second-order valence-electron chi connectivity index (χ2n) is 6.36. The van der Waals surface area contributed by atoms with Crippen molar-refractivity contribution >= 4 is 41.5 Å². The molecule has 0 aliphatic carbocycles. The average Bonchev–Trinajstić information content (AvgIpc) is 3.08. The van der Waals surface area contributed by atoms with Gasteiger partial charge in [0, 0.05) is 39.9 Å². The highest BCUT2D eigenvalue weighted by molar-refractivity contribution is 14.0. The van der Waals surface area contributed by atoms with E-state index < -0.39 is 0 Å². The number of carbonyl (C=O) groups is 1. The SMILES string of the molecule is CCc1ccccc1CNC(=NC)N1CCN(c2cnn(C)c2)C(=O)C1.I. The van der Waals surface area contributed by atoms with Gasteiger partial charge in [0.1, 0.15) is 6.54 Å². The smallest absolute Gasteiger partial charge is 0.246 e. The zero-order valence-corrected chi connectivity index (χ0v) is 18.4.